The predicted octanol–water partition coefficient (Wildman–Crippen LogP) is 3.16. The highest BCUT2D eigenvalue weighted by Gasteiger charge is 2.07. The number of hydrogen-bond acceptors (Lipinski definition) is 2. The van der Waals surface area contributed by atoms with Crippen molar-refractivity contribution in [1.29, 1.82) is 0 Å². The molecule has 0 radical (unpaired) electrons. The van der Waals surface area contributed by atoms with Crippen LogP contribution in [0.1, 0.15) is 15.9 Å². The lowest BCUT2D eigenvalue weighted by Crippen LogP contribution is -2.10. The first-order chi connectivity index (χ1) is 9.06. The van der Waals surface area contributed by atoms with Crippen LogP contribution in [-0.4, -0.2) is 5.91 Å². The standard InChI is InChI=1S/C14H11ClFNO2/c15-12-7-10(14(17)18)4-5-13(12)19-8-9-2-1-3-11(16)6-9/h1-7H,8H2,(H2,17,18). The van der Waals surface area contributed by atoms with Crippen LogP contribution < -0.4 is 10.5 Å². The van der Waals surface area contributed by atoms with E-state index < -0.39 is 5.91 Å². The van der Waals surface area contributed by atoms with E-state index in [1.54, 1.807) is 18.2 Å². The molecule has 0 bridgehead atoms. The topological polar surface area (TPSA) is 52.3 Å². The van der Waals surface area contributed by atoms with Crippen LogP contribution in [0.3, 0.4) is 0 Å². The first-order valence-corrected chi connectivity index (χ1v) is 5.90. The Labute approximate surface area is 114 Å². The normalized spacial score (nSPS) is 10.2. The van der Waals surface area contributed by atoms with Gasteiger partial charge in [-0.3, -0.25) is 4.79 Å². The summed E-state index contributed by atoms with van der Waals surface area (Å²) in [5.41, 5.74) is 6.13. The third kappa shape index (κ3) is 3.45. The summed E-state index contributed by atoms with van der Waals surface area (Å²) >= 11 is 5.96. The second kappa shape index (κ2) is 5.71. The van der Waals surface area contributed by atoms with Gasteiger partial charge in [0.1, 0.15) is 18.2 Å². The lowest BCUT2D eigenvalue weighted by atomic mass is 10.2. The van der Waals surface area contributed by atoms with E-state index in [9.17, 15) is 9.18 Å². The van der Waals surface area contributed by atoms with Gasteiger partial charge in [-0.05, 0) is 35.9 Å². The van der Waals surface area contributed by atoms with Gasteiger partial charge in [0.15, 0.2) is 0 Å². The molecule has 5 heteroatoms. The Bertz CT molecular complexity index is 616. The Hall–Kier alpha value is -2.07. The number of primary amides is 1. The summed E-state index contributed by atoms with van der Waals surface area (Å²) < 4.78 is 18.4. The highest BCUT2D eigenvalue weighted by atomic mass is 35.5. The van der Waals surface area contributed by atoms with Gasteiger partial charge >= 0.3 is 0 Å². The third-order valence-electron chi connectivity index (χ3n) is 2.50. The molecule has 2 N–H and O–H groups in total. The molecule has 19 heavy (non-hydrogen) atoms. The molecule has 2 aromatic carbocycles. The average Bonchev–Trinajstić information content (AvgIpc) is 2.37. The minimum absolute atomic E-state index is 0.188. The molecule has 98 valence electrons. The highest BCUT2D eigenvalue weighted by molar-refractivity contribution is 6.32. The molecule has 0 saturated carbocycles. The van der Waals surface area contributed by atoms with Crippen LogP contribution in [0, 0.1) is 5.82 Å². The van der Waals surface area contributed by atoms with Gasteiger partial charge in [-0.25, -0.2) is 4.39 Å². The van der Waals surface area contributed by atoms with Crippen molar-refractivity contribution >= 4 is 17.5 Å². The molecule has 3 nitrogen and oxygen atoms in total. The quantitative estimate of drug-likeness (QED) is 0.935. The second-order valence-corrected chi connectivity index (χ2v) is 4.34. The fourth-order valence-electron chi connectivity index (χ4n) is 1.56. The molecule has 0 unspecified atom stereocenters. The van der Waals surface area contributed by atoms with Crippen LogP contribution in [-0.2, 0) is 6.61 Å². The van der Waals surface area contributed by atoms with Gasteiger partial charge in [0.05, 0.1) is 5.02 Å². The Morgan fingerprint density at radius 2 is 2.05 bits per heavy atom. The summed E-state index contributed by atoms with van der Waals surface area (Å²) in [7, 11) is 0. The highest BCUT2D eigenvalue weighted by Crippen LogP contribution is 2.26. The molecule has 0 heterocycles. The maximum atomic E-state index is 13.0. The van der Waals surface area contributed by atoms with Gasteiger partial charge in [-0.2, -0.15) is 0 Å². The number of benzene rings is 2. The van der Waals surface area contributed by atoms with Gasteiger partial charge in [-0.15, -0.1) is 0 Å². The molecular weight excluding hydrogens is 269 g/mol. The van der Waals surface area contributed by atoms with E-state index in [4.69, 9.17) is 22.1 Å². The van der Waals surface area contributed by atoms with Gasteiger partial charge in [0, 0.05) is 5.56 Å². The summed E-state index contributed by atoms with van der Waals surface area (Å²) in [5, 5.41) is 0.285. The fourth-order valence-corrected chi connectivity index (χ4v) is 1.79. The Kier molecular flexibility index (Phi) is 4.02. The van der Waals surface area contributed by atoms with Crippen molar-refractivity contribution in [3.05, 3.63) is 64.4 Å². The molecule has 0 fully saturated rings. The largest absolute Gasteiger partial charge is 0.487 e. The van der Waals surface area contributed by atoms with Crippen LogP contribution in [0.2, 0.25) is 5.02 Å². The zero-order chi connectivity index (χ0) is 13.8. The van der Waals surface area contributed by atoms with E-state index in [-0.39, 0.29) is 17.4 Å². The number of halogens is 2. The van der Waals surface area contributed by atoms with Crippen molar-refractivity contribution in [2.24, 2.45) is 5.73 Å². The Morgan fingerprint density at radius 3 is 2.68 bits per heavy atom. The molecule has 0 aromatic heterocycles. The molecule has 0 aliphatic carbocycles. The Balaban J connectivity index is 2.10. The summed E-state index contributed by atoms with van der Waals surface area (Å²) in [6.07, 6.45) is 0. The smallest absolute Gasteiger partial charge is 0.248 e. The number of hydrogen-bond donors (Lipinski definition) is 1. The molecule has 0 saturated heterocycles. The van der Waals surface area contributed by atoms with E-state index in [0.717, 1.165) is 0 Å². The molecule has 0 atom stereocenters. The SMILES string of the molecule is NC(=O)c1ccc(OCc2cccc(F)c2)c(Cl)c1. The molecule has 1 amide bonds. The lowest BCUT2D eigenvalue weighted by molar-refractivity contribution is 0.1000. The number of amides is 1. The second-order valence-electron chi connectivity index (χ2n) is 3.93. The van der Waals surface area contributed by atoms with Gasteiger partial charge in [-0.1, -0.05) is 23.7 Å². The minimum atomic E-state index is -0.557. The van der Waals surface area contributed by atoms with Crippen molar-refractivity contribution in [3.8, 4) is 5.75 Å². The van der Waals surface area contributed by atoms with Gasteiger partial charge in [0.2, 0.25) is 5.91 Å². The van der Waals surface area contributed by atoms with Crippen molar-refractivity contribution in [2.45, 2.75) is 6.61 Å². The lowest BCUT2D eigenvalue weighted by Gasteiger charge is -2.09. The number of carbonyl (C=O) groups excluding carboxylic acids is 1. The van der Waals surface area contributed by atoms with E-state index in [0.29, 0.717) is 16.9 Å². The number of ether oxygens (including phenoxy) is 1. The predicted molar refractivity (Wildman–Crippen MR) is 70.7 cm³/mol. The fraction of sp³-hybridized carbons (Fsp3) is 0.0714. The van der Waals surface area contributed by atoms with Crippen molar-refractivity contribution in [2.75, 3.05) is 0 Å². The van der Waals surface area contributed by atoms with Crippen LogP contribution in [0.25, 0.3) is 0 Å². The van der Waals surface area contributed by atoms with Crippen LogP contribution in [0.5, 0.6) is 5.75 Å². The summed E-state index contributed by atoms with van der Waals surface area (Å²) in [6, 6.07) is 10.6. The monoisotopic (exact) mass is 279 g/mol. The molecule has 0 aliphatic rings. The van der Waals surface area contributed by atoms with Crippen LogP contribution in [0.15, 0.2) is 42.5 Å². The first-order valence-electron chi connectivity index (χ1n) is 5.53. The Morgan fingerprint density at radius 1 is 1.26 bits per heavy atom. The molecule has 2 aromatic rings. The van der Waals surface area contributed by atoms with Crippen molar-refractivity contribution in [3.63, 3.8) is 0 Å². The number of rotatable bonds is 4. The first kappa shape index (κ1) is 13.4. The van der Waals surface area contributed by atoms with Crippen LogP contribution in [0.4, 0.5) is 4.39 Å². The van der Waals surface area contributed by atoms with Gasteiger partial charge < -0.3 is 10.5 Å². The molecule has 0 spiro atoms. The van der Waals surface area contributed by atoms with E-state index in [1.165, 1.54) is 24.3 Å². The average molecular weight is 280 g/mol. The maximum absolute atomic E-state index is 13.0. The van der Waals surface area contributed by atoms with E-state index >= 15 is 0 Å². The zero-order valence-electron chi connectivity index (χ0n) is 9.90. The minimum Gasteiger partial charge on any atom is -0.487 e. The van der Waals surface area contributed by atoms with Crippen LogP contribution >= 0.6 is 11.6 Å². The third-order valence-corrected chi connectivity index (χ3v) is 2.80. The van der Waals surface area contributed by atoms with E-state index in [2.05, 4.69) is 0 Å². The summed E-state index contributed by atoms with van der Waals surface area (Å²) in [4.78, 5) is 11.0. The number of carbonyl (C=O) groups is 1. The summed E-state index contributed by atoms with van der Waals surface area (Å²) in [5.74, 6) is -0.467. The maximum Gasteiger partial charge on any atom is 0.248 e. The molecular formula is C14H11ClFNO2. The van der Waals surface area contributed by atoms with Crippen molar-refractivity contribution < 1.29 is 13.9 Å². The zero-order valence-corrected chi connectivity index (χ0v) is 10.7. The molecule has 2 rings (SSSR count). The van der Waals surface area contributed by atoms with E-state index in [1.807, 2.05) is 0 Å². The van der Waals surface area contributed by atoms with Crippen molar-refractivity contribution in [1.82, 2.24) is 0 Å². The summed E-state index contributed by atoms with van der Waals surface area (Å²) in [6.45, 7) is 0.188. The number of nitrogens with two attached hydrogens (primary N) is 1. The molecule has 0 aliphatic heterocycles. The van der Waals surface area contributed by atoms with Gasteiger partial charge in [0.25, 0.3) is 0 Å².